The van der Waals surface area contributed by atoms with Crippen LogP contribution >= 0.6 is 0 Å². The highest BCUT2D eigenvalue weighted by atomic mass is 19.1. The Morgan fingerprint density at radius 3 is 2.69 bits per heavy atom. The predicted octanol–water partition coefficient (Wildman–Crippen LogP) is 2.73. The largest absolute Gasteiger partial charge is 0.469 e. The topological polar surface area (TPSA) is 98.1 Å². The molecule has 8 nitrogen and oxygen atoms in total. The quantitative estimate of drug-likeness (QED) is 0.576. The average Bonchev–Trinajstić information content (AvgIpc) is 3.41. The fraction of sp³-hybridized carbons (Fsp3) is 0.304. The Bertz CT molecular complexity index is 1190. The van der Waals surface area contributed by atoms with Gasteiger partial charge in [-0.25, -0.2) is 9.07 Å². The molecule has 0 radical (unpaired) electrons. The van der Waals surface area contributed by atoms with Crippen LogP contribution in [0.4, 0.5) is 4.39 Å². The molecule has 0 saturated heterocycles. The second kappa shape index (κ2) is 8.78. The fourth-order valence-electron chi connectivity index (χ4n) is 3.91. The summed E-state index contributed by atoms with van der Waals surface area (Å²) in [6.07, 6.45) is 7.15. The molecule has 0 aliphatic carbocycles. The first-order valence-electron chi connectivity index (χ1n) is 10.4. The minimum Gasteiger partial charge on any atom is -0.469 e. The molecule has 2 N–H and O–H groups in total. The van der Waals surface area contributed by atoms with Crippen molar-refractivity contribution in [2.24, 2.45) is 5.92 Å². The number of carbonyl (C=O) groups is 2. The first-order valence-corrected chi connectivity index (χ1v) is 10.4. The maximum absolute atomic E-state index is 13.3. The van der Waals surface area contributed by atoms with Gasteiger partial charge in [0.1, 0.15) is 5.82 Å². The summed E-state index contributed by atoms with van der Waals surface area (Å²) in [5, 5.41) is 11.3. The van der Waals surface area contributed by atoms with E-state index in [2.05, 4.69) is 20.7 Å². The highest BCUT2D eigenvalue weighted by Gasteiger charge is 2.33. The Hall–Kier alpha value is -3.75. The Morgan fingerprint density at radius 1 is 1.25 bits per heavy atom. The highest BCUT2D eigenvalue weighted by Crippen LogP contribution is 2.24. The number of rotatable bonds is 6. The molecule has 166 valence electrons. The third-order valence-electron chi connectivity index (χ3n) is 5.67. The molecule has 0 spiro atoms. The van der Waals surface area contributed by atoms with Gasteiger partial charge in [0.25, 0.3) is 5.91 Å². The van der Waals surface area contributed by atoms with Crippen LogP contribution in [0.1, 0.15) is 30.6 Å². The lowest BCUT2D eigenvalue weighted by Gasteiger charge is -2.20. The minimum absolute atomic E-state index is 0.123. The van der Waals surface area contributed by atoms with Crippen molar-refractivity contribution in [2.45, 2.75) is 32.4 Å². The van der Waals surface area contributed by atoms with Gasteiger partial charge in [0, 0.05) is 23.3 Å². The SMILES string of the molecule is CCC(NC(=O)c1cncc2c1cnn2-c1ccc(F)cc1)C1=C[C@H](C(=O)OC)[C@H](C)N1. The Kier molecular flexibility index (Phi) is 5.89. The van der Waals surface area contributed by atoms with E-state index in [4.69, 9.17) is 4.74 Å². The molecule has 1 aliphatic rings. The summed E-state index contributed by atoms with van der Waals surface area (Å²) in [4.78, 5) is 29.3. The standard InChI is InChI=1S/C23H24FN5O3/c1-4-19(20-9-16(13(2)27-20)23(31)32-3)28-22(30)18-10-25-12-21-17(18)11-26-29(21)15-7-5-14(24)6-8-15/h5-13,16,19,27H,4H2,1-3H3,(H,28,30)/t13-,16-,19?/m0/s1. The lowest BCUT2D eigenvalue weighted by Crippen LogP contribution is -2.40. The van der Waals surface area contributed by atoms with Crippen LogP contribution in [0.5, 0.6) is 0 Å². The van der Waals surface area contributed by atoms with Crippen LogP contribution in [0, 0.1) is 11.7 Å². The smallest absolute Gasteiger partial charge is 0.314 e. The van der Waals surface area contributed by atoms with Crippen LogP contribution in [0.25, 0.3) is 16.6 Å². The summed E-state index contributed by atoms with van der Waals surface area (Å²) in [5.74, 6) is -1.36. The molecule has 9 heteroatoms. The summed E-state index contributed by atoms with van der Waals surface area (Å²) >= 11 is 0. The van der Waals surface area contributed by atoms with Crippen LogP contribution in [0.15, 0.2) is 54.6 Å². The van der Waals surface area contributed by atoms with Gasteiger partial charge in [0.15, 0.2) is 0 Å². The van der Waals surface area contributed by atoms with Gasteiger partial charge >= 0.3 is 5.97 Å². The molecule has 3 heterocycles. The Morgan fingerprint density at radius 2 is 2.00 bits per heavy atom. The van der Waals surface area contributed by atoms with Crippen molar-refractivity contribution >= 4 is 22.8 Å². The van der Waals surface area contributed by atoms with E-state index in [-0.39, 0.29) is 29.8 Å². The monoisotopic (exact) mass is 437 g/mol. The van der Waals surface area contributed by atoms with Gasteiger partial charge in [-0.1, -0.05) is 6.92 Å². The molecule has 2 aromatic heterocycles. The zero-order valence-corrected chi connectivity index (χ0v) is 18.0. The molecule has 4 rings (SSSR count). The van der Waals surface area contributed by atoms with Crippen molar-refractivity contribution in [3.05, 3.63) is 66.0 Å². The van der Waals surface area contributed by atoms with E-state index in [9.17, 15) is 14.0 Å². The lowest BCUT2D eigenvalue weighted by molar-refractivity contribution is -0.144. The van der Waals surface area contributed by atoms with Gasteiger partial charge in [-0.05, 0) is 43.7 Å². The minimum atomic E-state index is -0.403. The van der Waals surface area contributed by atoms with E-state index in [1.165, 1.54) is 25.4 Å². The number of fused-ring (bicyclic) bond motifs is 1. The average molecular weight is 437 g/mol. The summed E-state index contributed by atoms with van der Waals surface area (Å²) in [5.41, 5.74) is 2.46. The molecule has 0 saturated carbocycles. The number of ether oxygens (including phenoxy) is 1. The van der Waals surface area contributed by atoms with Crippen LogP contribution in [0.2, 0.25) is 0 Å². The van der Waals surface area contributed by atoms with Crippen molar-refractivity contribution < 1.29 is 18.7 Å². The van der Waals surface area contributed by atoms with E-state index in [1.807, 2.05) is 19.9 Å². The molecule has 3 aromatic rings. The predicted molar refractivity (Wildman–Crippen MR) is 117 cm³/mol. The number of hydrogen-bond donors (Lipinski definition) is 2. The molecule has 0 fully saturated rings. The number of hydrogen-bond acceptors (Lipinski definition) is 6. The molecule has 1 unspecified atom stereocenters. The number of nitrogens with zero attached hydrogens (tertiary/aromatic N) is 3. The summed E-state index contributed by atoms with van der Waals surface area (Å²) in [7, 11) is 1.36. The number of methoxy groups -OCH3 is 1. The van der Waals surface area contributed by atoms with Gasteiger partial charge in [0.2, 0.25) is 0 Å². The first-order chi connectivity index (χ1) is 15.4. The first kappa shape index (κ1) is 21.5. The zero-order valence-electron chi connectivity index (χ0n) is 18.0. The number of benzene rings is 1. The summed E-state index contributed by atoms with van der Waals surface area (Å²) < 4.78 is 19.7. The van der Waals surface area contributed by atoms with Crippen molar-refractivity contribution in [3.63, 3.8) is 0 Å². The van der Waals surface area contributed by atoms with Crippen molar-refractivity contribution in [1.82, 2.24) is 25.4 Å². The normalized spacial score (nSPS) is 18.7. The van der Waals surface area contributed by atoms with E-state index in [1.54, 1.807) is 29.2 Å². The van der Waals surface area contributed by atoms with Gasteiger partial charge in [-0.2, -0.15) is 5.10 Å². The van der Waals surface area contributed by atoms with E-state index < -0.39 is 5.92 Å². The van der Waals surface area contributed by atoms with Crippen LogP contribution < -0.4 is 10.6 Å². The zero-order chi connectivity index (χ0) is 22.8. The van der Waals surface area contributed by atoms with Gasteiger partial charge in [-0.15, -0.1) is 0 Å². The second-order valence-corrected chi connectivity index (χ2v) is 7.69. The third kappa shape index (κ3) is 3.93. The molecule has 32 heavy (non-hydrogen) atoms. The molecular weight excluding hydrogens is 413 g/mol. The lowest BCUT2D eigenvalue weighted by atomic mass is 10.0. The molecule has 1 aromatic carbocycles. The Labute approximate surface area is 184 Å². The summed E-state index contributed by atoms with van der Waals surface area (Å²) in [6.45, 7) is 3.85. The maximum atomic E-state index is 13.3. The number of amides is 1. The molecule has 1 aliphatic heterocycles. The molecule has 1 amide bonds. The van der Waals surface area contributed by atoms with Crippen LogP contribution in [0.3, 0.4) is 0 Å². The number of halogens is 1. The number of aromatic nitrogens is 3. The number of esters is 1. The molecular formula is C23H24FN5O3. The number of nitrogens with one attached hydrogen (secondary N) is 2. The maximum Gasteiger partial charge on any atom is 0.314 e. The molecule has 3 atom stereocenters. The van der Waals surface area contributed by atoms with Crippen molar-refractivity contribution in [3.8, 4) is 5.69 Å². The van der Waals surface area contributed by atoms with Crippen LogP contribution in [-0.2, 0) is 9.53 Å². The number of carbonyl (C=O) groups excluding carboxylic acids is 2. The van der Waals surface area contributed by atoms with Crippen molar-refractivity contribution in [2.75, 3.05) is 7.11 Å². The van der Waals surface area contributed by atoms with E-state index >= 15 is 0 Å². The van der Waals surface area contributed by atoms with Gasteiger partial charge in [0.05, 0.1) is 48.2 Å². The van der Waals surface area contributed by atoms with Crippen LogP contribution in [-0.4, -0.2) is 45.8 Å². The fourth-order valence-corrected chi connectivity index (χ4v) is 3.91. The van der Waals surface area contributed by atoms with E-state index in [0.29, 0.717) is 28.6 Å². The summed E-state index contributed by atoms with van der Waals surface area (Å²) in [6, 6.07) is 5.49. The van der Waals surface area contributed by atoms with Gasteiger partial charge < -0.3 is 15.4 Å². The van der Waals surface area contributed by atoms with E-state index in [0.717, 1.165) is 5.70 Å². The number of pyridine rings is 1. The highest BCUT2D eigenvalue weighted by molar-refractivity contribution is 6.06. The van der Waals surface area contributed by atoms with Crippen molar-refractivity contribution in [1.29, 1.82) is 0 Å². The van der Waals surface area contributed by atoms with Gasteiger partial charge in [-0.3, -0.25) is 14.6 Å². The third-order valence-corrected chi connectivity index (χ3v) is 5.67. The Balaban J connectivity index is 1.60. The molecule has 0 bridgehead atoms. The second-order valence-electron chi connectivity index (χ2n) is 7.69.